The molecule has 136 valence electrons. The number of piperidine rings is 1. The van der Waals surface area contributed by atoms with E-state index in [0.717, 1.165) is 0 Å². The lowest BCUT2D eigenvalue weighted by Gasteiger charge is -2.47. The quantitative estimate of drug-likeness (QED) is 0.865. The molecule has 2 N–H and O–H groups in total. The predicted octanol–water partition coefficient (Wildman–Crippen LogP) is 1.93. The maximum absolute atomic E-state index is 13.0. The summed E-state index contributed by atoms with van der Waals surface area (Å²) in [7, 11) is 0. The van der Waals surface area contributed by atoms with Gasteiger partial charge in [-0.25, -0.2) is 0 Å². The number of hydrogen-bond acceptors (Lipinski definition) is 4. The van der Waals surface area contributed by atoms with Crippen LogP contribution in [0.2, 0.25) is 0 Å². The van der Waals surface area contributed by atoms with E-state index in [0.29, 0.717) is 11.4 Å². The van der Waals surface area contributed by atoms with E-state index >= 15 is 0 Å². The maximum Gasteiger partial charge on any atom is 0.401 e. The molecular formula is C16H18F3N3O3. The van der Waals surface area contributed by atoms with E-state index in [1.165, 1.54) is 9.80 Å². The van der Waals surface area contributed by atoms with Crippen LogP contribution in [0.15, 0.2) is 24.3 Å². The third-order valence-electron chi connectivity index (χ3n) is 4.63. The summed E-state index contributed by atoms with van der Waals surface area (Å²) < 4.78 is 37.7. The largest absolute Gasteiger partial charge is 0.480 e. The molecule has 0 aliphatic carbocycles. The topological polar surface area (TPSA) is 72.9 Å². The van der Waals surface area contributed by atoms with Crippen LogP contribution in [0, 0.1) is 0 Å². The van der Waals surface area contributed by atoms with E-state index in [1.54, 1.807) is 24.3 Å². The zero-order chi connectivity index (χ0) is 18.2. The highest BCUT2D eigenvalue weighted by molar-refractivity contribution is 6.10. The number of rotatable bonds is 3. The van der Waals surface area contributed by atoms with Crippen LogP contribution in [0.4, 0.5) is 24.5 Å². The lowest BCUT2D eigenvalue weighted by atomic mass is 9.83. The Kier molecular flexibility index (Phi) is 4.36. The van der Waals surface area contributed by atoms with E-state index in [1.807, 2.05) is 0 Å². The van der Waals surface area contributed by atoms with Crippen LogP contribution in [0.5, 0.6) is 0 Å². The molecule has 0 aromatic heterocycles. The zero-order valence-electron chi connectivity index (χ0n) is 13.3. The third kappa shape index (κ3) is 3.55. The van der Waals surface area contributed by atoms with Crippen LogP contribution in [0.1, 0.15) is 12.8 Å². The van der Waals surface area contributed by atoms with Gasteiger partial charge in [0.1, 0.15) is 12.1 Å². The van der Waals surface area contributed by atoms with Crippen molar-refractivity contribution < 1.29 is 27.9 Å². The highest BCUT2D eigenvalue weighted by Crippen LogP contribution is 2.40. The summed E-state index contributed by atoms with van der Waals surface area (Å²) >= 11 is 0. The standard InChI is InChI=1S/C16H18F3N3O3/c17-16(18,19)10-21-7-5-15(6-8-21)14(25)22(9-13(23)24)12-4-2-1-3-11(12)20-15/h1-4,20H,5-10H2,(H,23,24). The second kappa shape index (κ2) is 6.21. The number of carboxylic acids is 1. The molecule has 1 saturated heterocycles. The number of benzene rings is 1. The van der Waals surface area contributed by atoms with Gasteiger partial charge in [0.25, 0.3) is 5.91 Å². The number of nitrogens with one attached hydrogen (secondary N) is 1. The zero-order valence-corrected chi connectivity index (χ0v) is 13.3. The molecule has 3 rings (SSSR count). The summed E-state index contributed by atoms with van der Waals surface area (Å²) in [4.78, 5) is 26.6. The van der Waals surface area contributed by atoms with Gasteiger partial charge in [0.15, 0.2) is 0 Å². The third-order valence-corrected chi connectivity index (χ3v) is 4.63. The first-order valence-corrected chi connectivity index (χ1v) is 7.90. The number of hydrogen-bond donors (Lipinski definition) is 2. The second-order valence-corrected chi connectivity index (χ2v) is 6.40. The maximum atomic E-state index is 13.0. The minimum absolute atomic E-state index is 0.112. The van der Waals surface area contributed by atoms with E-state index in [4.69, 9.17) is 5.11 Å². The molecule has 1 fully saturated rings. The monoisotopic (exact) mass is 357 g/mol. The Hall–Kier alpha value is -2.29. The fraction of sp³-hybridized carbons (Fsp3) is 0.500. The fourth-order valence-electron chi connectivity index (χ4n) is 3.47. The van der Waals surface area contributed by atoms with Gasteiger partial charge in [-0.15, -0.1) is 0 Å². The summed E-state index contributed by atoms with van der Waals surface area (Å²) in [6.07, 6.45) is -3.91. The molecule has 9 heteroatoms. The molecule has 6 nitrogen and oxygen atoms in total. The molecule has 2 aliphatic heterocycles. The molecule has 0 saturated carbocycles. The molecule has 0 bridgehead atoms. The Bertz CT molecular complexity index is 685. The van der Waals surface area contributed by atoms with Crippen LogP contribution < -0.4 is 10.2 Å². The number of para-hydroxylation sites is 2. The Labute approximate surface area is 142 Å². The first-order valence-electron chi connectivity index (χ1n) is 7.90. The van der Waals surface area contributed by atoms with Crippen LogP contribution in [-0.2, 0) is 9.59 Å². The van der Waals surface area contributed by atoms with Crippen molar-refractivity contribution in [3.8, 4) is 0 Å². The second-order valence-electron chi connectivity index (χ2n) is 6.40. The van der Waals surface area contributed by atoms with Crippen molar-refractivity contribution in [2.45, 2.75) is 24.6 Å². The number of halogens is 3. The van der Waals surface area contributed by atoms with Crippen molar-refractivity contribution in [1.29, 1.82) is 0 Å². The van der Waals surface area contributed by atoms with Crippen molar-refractivity contribution in [3.63, 3.8) is 0 Å². The molecule has 0 unspecified atom stereocenters. The molecule has 2 aliphatic rings. The summed E-state index contributed by atoms with van der Waals surface area (Å²) in [6.45, 7) is -1.26. The number of carboxylic acid groups (broad SMARTS) is 1. The van der Waals surface area contributed by atoms with E-state index in [2.05, 4.69) is 5.32 Å². The number of nitrogens with zero attached hydrogens (tertiary/aromatic N) is 2. The van der Waals surface area contributed by atoms with Crippen molar-refractivity contribution >= 4 is 23.3 Å². The number of carbonyl (C=O) groups is 2. The number of anilines is 2. The van der Waals surface area contributed by atoms with Gasteiger partial charge in [0, 0.05) is 13.1 Å². The van der Waals surface area contributed by atoms with Crippen molar-refractivity contribution in [3.05, 3.63) is 24.3 Å². The average Bonchev–Trinajstić information content (AvgIpc) is 2.52. The fourth-order valence-corrected chi connectivity index (χ4v) is 3.47. The molecule has 1 aromatic rings. The van der Waals surface area contributed by atoms with Crippen molar-refractivity contribution in [1.82, 2.24) is 4.90 Å². The van der Waals surface area contributed by atoms with Gasteiger partial charge in [0.2, 0.25) is 0 Å². The molecule has 1 spiro atoms. The average molecular weight is 357 g/mol. The van der Waals surface area contributed by atoms with Gasteiger partial charge in [-0.05, 0) is 25.0 Å². The Morgan fingerprint density at radius 3 is 2.48 bits per heavy atom. The molecule has 1 aromatic carbocycles. The van der Waals surface area contributed by atoms with Gasteiger partial charge < -0.3 is 10.4 Å². The number of likely N-dealkylation sites (tertiary alicyclic amines) is 1. The van der Waals surface area contributed by atoms with Gasteiger partial charge in [0.05, 0.1) is 17.9 Å². The van der Waals surface area contributed by atoms with Crippen molar-refractivity contribution in [2.75, 3.05) is 36.4 Å². The first-order chi connectivity index (χ1) is 11.7. The summed E-state index contributed by atoms with van der Waals surface area (Å²) in [6, 6.07) is 6.84. The summed E-state index contributed by atoms with van der Waals surface area (Å²) in [5.74, 6) is -1.55. The van der Waals surface area contributed by atoms with Gasteiger partial charge in [-0.3, -0.25) is 19.4 Å². The van der Waals surface area contributed by atoms with Crippen LogP contribution >= 0.6 is 0 Å². The lowest BCUT2D eigenvalue weighted by molar-refractivity contribution is -0.150. The van der Waals surface area contributed by atoms with Gasteiger partial charge >= 0.3 is 12.1 Å². The highest BCUT2D eigenvalue weighted by Gasteiger charge is 2.48. The minimum Gasteiger partial charge on any atom is -0.480 e. The van der Waals surface area contributed by atoms with Gasteiger partial charge in [-0.2, -0.15) is 13.2 Å². The molecule has 1 amide bonds. The van der Waals surface area contributed by atoms with Crippen LogP contribution in [0.25, 0.3) is 0 Å². The number of alkyl halides is 3. The van der Waals surface area contributed by atoms with E-state index in [9.17, 15) is 22.8 Å². The number of fused-ring (bicyclic) bond motifs is 1. The van der Waals surface area contributed by atoms with Crippen LogP contribution in [0.3, 0.4) is 0 Å². The highest BCUT2D eigenvalue weighted by atomic mass is 19.4. The Morgan fingerprint density at radius 2 is 1.88 bits per heavy atom. The molecule has 2 heterocycles. The number of carbonyl (C=O) groups excluding carboxylic acids is 1. The van der Waals surface area contributed by atoms with Crippen molar-refractivity contribution in [2.24, 2.45) is 0 Å². The molecular weight excluding hydrogens is 339 g/mol. The predicted molar refractivity (Wildman–Crippen MR) is 84.5 cm³/mol. The molecule has 25 heavy (non-hydrogen) atoms. The SMILES string of the molecule is O=C(O)CN1C(=O)C2(CCN(CC(F)(F)F)CC2)Nc2ccccc21. The number of amides is 1. The Morgan fingerprint density at radius 1 is 1.24 bits per heavy atom. The Balaban J connectivity index is 1.84. The van der Waals surface area contributed by atoms with Crippen LogP contribution in [-0.4, -0.2) is 59.8 Å². The smallest absolute Gasteiger partial charge is 0.401 e. The van der Waals surface area contributed by atoms with E-state index in [-0.39, 0.29) is 25.9 Å². The minimum atomic E-state index is -4.28. The first kappa shape index (κ1) is 17.5. The molecule has 0 radical (unpaired) electrons. The summed E-state index contributed by atoms with van der Waals surface area (Å²) in [5.41, 5.74) is 0.0252. The van der Waals surface area contributed by atoms with Gasteiger partial charge in [-0.1, -0.05) is 12.1 Å². The number of aliphatic carboxylic acids is 1. The van der Waals surface area contributed by atoms with E-state index < -0.39 is 36.7 Å². The lowest BCUT2D eigenvalue weighted by Crippen LogP contribution is -2.62. The normalized spacial score (nSPS) is 20.3. The molecule has 0 atom stereocenters. The summed E-state index contributed by atoms with van der Waals surface area (Å²) in [5, 5.41) is 12.3.